The zero-order valence-electron chi connectivity index (χ0n) is 13.9. The number of aromatic amines is 1. The van der Waals surface area contributed by atoms with Crippen LogP contribution in [0.4, 0.5) is 0 Å². The third-order valence-corrected chi connectivity index (χ3v) is 3.90. The van der Waals surface area contributed by atoms with Gasteiger partial charge in [-0.15, -0.1) is 0 Å². The van der Waals surface area contributed by atoms with Gasteiger partial charge in [0.05, 0.1) is 6.42 Å². The van der Waals surface area contributed by atoms with Crippen LogP contribution in [0.1, 0.15) is 39.2 Å². The molecule has 1 aromatic heterocycles. The number of rotatable bonds is 3. The fraction of sp³-hybridized carbons (Fsp3) is 0.647. The quantitative estimate of drug-likeness (QED) is 0.929. The van der Waals surface area contributed by atoms with Crippen LogP contribution in [0.25, 0.3) is 0 Å². The van der Waals surface area contributed by atoms with Crippen molar-refractivity contribution in [2.45, 2.75) is 40.0 Å². The lowest BCUT2D eigenvalue weighted by atomic mass is 9.91. The van der Waals surface area contributed by atoms with E-state index in [0.29, 0.717) is 25.9 Å². The molecule has 5 nitrogen and oxygen atoms in total. The molecule has 0 atom stereocenters. The summed E-state index contributed by atoms with van der Waals surface area (Å²) in [6, 6.07) is 1.93. The molecule has 1 saturated heterocycles. The first-order chi connectivity index (χ1) is 10.3. The number of hydrogen-bond acceptors (Lipinski definition) is 2. The van der Waals surface area contributed by atoms with Crippen molar-refractivity contribution in [3.63, 3.8) is 0 Å². The smallest absolute Gasteiger partial charge is 0.227 e. The van der Waals surface area contributed by atoms with Gasteiger partial charge in [-0.1, -0.05) is 20.8 Å². The van der Waals surface area contributed by atoms with Gasteiger partial charge in [-0.05, 0) is 23.5 Å². The monoisotopic (exact) mass is 305 g/mol. The summed E-state index contributed by atoms with van der Waals surface area (Å²) in [5.74, 6) is 0.345. The molecule has 1 aliphatic heterocycles. The van der Waals surface area contributed by atoms with E-state index in [-0.39, 0.29) is 17.2 Å². The van der Waals surface area contributed by atoms with E-state index in [9.17, 15) is 9.59 Å². The SMILES string of the molecule is CC(C)(C)CC(=O)N1CCCN(C(=O)Cc2cc[nH]c2)CC1. The van der Waals surface area contributed by atoms with Crippen molar-refractivity contribution in [2.75, 3.05) is 26.2 Å². The summed E-state index contributed by atoms with van der Waals surface area (Å²) in [6.45, 7) is 9.01. The van der Waals surface area contributed by atoms with E-state index >= 15 is 0 Å². The second-order valence-electron chi connectivity index (χ2n) is 7.25. The lowest BCUT2D eigenvalue weighted by Gasteiger charge is -2.25. The summed E-state index contributed by atoms with van der Waals surface area (Å²) in [5.41, 5.74) is 1.02. The maximum absolute atomic E-state index is 12.3. The van der Waals surface area contributed by atoms with Gasteiger partial charge < -0.3 is 14.8 Å². The van der Waals surface area contributed by atoms with Gasteiger partial charge in [0.2, 0.25) is 11.8 Å². The van der Waals surface area contributed by atoms with Gasteiger partial charge in [-0.25, -0.2) is 0 Å². The molecule has 122 valence electrons. The molecule has 0 spiro atoms. The third kappa shape index (κ3) is 4.90. The molecular weight excluding hydrogens is 278 g/mol. The summed E-state index contributed by atoms with van der Waals surface area (Å²) in [6.07, 6.45) is 5.53. The number of nitrogens with one attached hydrogen (secondary N) is 1. The van der Waals surface area contributed by atoms with E-state index < -0.39 is 0 Å². The number of aromatic nitrogens is 1. The number of hydrogen-bond donors (Lipinski definition) is 1. The third-order valence-electron chi connectivity index (χ3n) is 3.90. The zero-order chi connectivity index (χ0) is 16.2. The number of H-pyrrole nitrogens is 1. The van der Waals surface area contributed by atoms with Gasteiger partial charge in [0, 0.05) is 45.0 Å². The molecular formula is C17H27N3O2. The first-order valence-corrected chi connectivity index (χ1v) is 8.02. The van der Waals surface area contributed by atoms with Crippen molar-refractivity contribution >= 4 is 11.8 Å². The van der Waals surface area contributed by atoms with Gasteiger partial charge in [0.1, 0.15) is 0 Å². The maximum Gasteiger partial charge on any atom is 0.227 e. The molecule has 22 heavy (non-hydrogen) atoms. The minimum Gasteiger partial charge on any atom is -0.367 e. The van der Waals surface area contributed by atoms with Crippen molar-refractivity contribution in [1.82, 2.24) is 14.8 Å². The minimum absolute atomic E-state index is 0.00712. The Labute approximate surface area is 132 Å². The van der Waals surface area contributed by atoms with Crippen molar-refractivity contribution in [3.05, 3.63) is 24.0 Å². The summed E-state index contributed by atoms with van der Waals surface area (Å²) in [4.78, 5) is 31.4. The van der Waals surface area contributed by atoms with E-state index in [4.69, 9.17) is 0 Å². The number of carbonyl (C=O) groups excluding carboxylic acids is 2. The van der Waals surface area contributed by atoms with E-state index in [1.54, 1.807) is 0 Å². The molecule has 0 radical (unpaired) electrons. The average molecular weight is 305 g/mol. The molecule has 5 heteroatoms. The van der Waals surface area contributed by atoms with Crippen molar-refractivity contribution in [2.24, 2.45) is 5.41 Å². The van der Waals surface area contributed by atoms with Crippen molar-refractivity contribution < 1.29 is 9.59 Å². The topological polar surface area (TPSA) is 56.4 Å². The molecule has 2 rings (SSSR count). The van der Waals surface area contributed by atoms with E-state index in [0.717, 1.165) is 25.1 Å². The summed E-state index contributed by atoms with van der Waals surface area (Å²) in [7, 11) is 0. The molecule has 0 aliphatic carbocycles. The molecule has 2 amide bonds. The lowest BCUT2D eigenvalue weighted by molar-refractivity contribution is -0.134. The molecule has 1 N–H and O–H groups in total. The molecule has 1 aromatic rings. The van der Waals surface area contributed by atoms with Crippen LogP contribution in [0, 0.1) is 5.41 Å². The first-order valence-electron chi connectivity index (χ1n) is 8.02. The van der Waals surface area contributed by atoms with Crippen LogP contribution in [0.5, 0.6) is 0 Å². The van der Waals surface area contributed by atoms with Gasteiger partial charge in [-0.2, -0.15) is 0 Å². The van der Waals surface area contributed by atoms with E-state index in [2.05, 4.69) is 25.8 Å². The van der Waals surface area contributed by atoms with Gasteiger partial charge in [0.25, 0.3) is 0 Å². The summed E-state index contributed by atoms with van der Waals surface area (Å²) in [5, 5.41) is 0. The Morgan fingerprint density at radius 1 is 1.09 bits per heavy atom. The fourth-order valence-electron chi connectivity index (χ4n) is 2.74. The molecule has 1 fully saturated rings. The maximum atomic E-state index is 12.3. The Balaban J connectivity index is 1.86. The standard InChI is InChI=1S/C17H27N3O2/c1-17(2,3)12-16(22)20-8-4-7-19(9-10-20)15(21)11-14-5-6-18-13-14/h5-6,13,18H,4,7-12H2,1-3H3. The van der Waals surface area contributed by atoms with E-state index in [1.165, 1.54) is 0 Å². The molecule has 0 unspecified atom stereocenters. The normalized spacial score (nSPS) is 16.5. The second kappa shape index (κ2) is 6.99. The Bertz CT molecular complexity index is 502. The van der Waals surface area contributed by atoms with Crippen LogP contribution in [0.15, 0.2) is 18.5 Å². The molecule has 2 heterocycles. The first kappa shape index (κ1) is 16.6. The second-order valence-corrected chi connectivity index (χ2v) is 7.25. The average Bonchev–Trinajstić information content (AvgIpc) is 2.78. The minimum atomic E-state index is 0.00712. The molecule has 0 bridgehead atoms. The van der Waals surface area contributed by atoms with Crippen LogP contribution in [-0.2, 0) is 16.0 Å². The highest BCUT2D eigenvalue weighted by Crippen LogP contribution is 2.20. The van der Waals surface area contributed by atoms with Crippen molar-refractivity contribution in [3.8, 4) is 0 Å². The summed E-state index contributed by atoms with van der Waals surface area (Å²) < 4.78 is 0. The highest BCUT2D eigenvalue weighted by Gasteiger charge is 2.25. The van der Waals surface area contributed by atoms with Crippen LogP contribution in [-0.4, -0.2) is 52.8 Å². The molecule has 0 saturated carbocycles. The fourth-order valence-corrected chi connectivity index (χ4v) is 2.74. The molecule has 0 aromatic carbocycles. The predicted octanol–water partition coefficient (Wildman–Crippen LogP) is 2.05. The Hall–Kier alpha value is -1.78. The van der Waals surface area contributed by atoms with Gasteiger partial charge in [-0.3, -0.25) is 9.59 Å². The molecule has 1 aliphatic rings. The van der Waals surface area contributed by atoms with E-state index in [1.807, 2.05) is 28.3 Å². The van der Waals surface area contributed by atoms with Crippen LogP contribution in [0.2, 0.25) is 0 Å². The zero-order valence-corrected chi connectivity index (χ0v) is 13.9. The highest BCUT2D eigenvalue weighted by atomic mass is 16.2. The Morgan fingerprint density at radius 3 is 2.27 bits per heavy atom. The van der Waals surface area contributed by atoms with Crippen LogP contribution >= 0.6 is 0 Å². The highest BCUT2D eigenvalue weighted by molar-refractivity contribution is 5.79. The number of amides is 2. The largest absolute Gasteiger partial charge is 0.367 e. The lowest BCUT2D eigenvalue weighted by Crippen LogP contribution is -2.38. The van der Waals surface area contributed by atoms with Crippen LogP contribution in [0.3, 0.4) is 0 Å². The number of carbonyl (C=O) groups is 2. The van der Waals surface area contributed by atoms with Crippen LogP contribution < -0.4 is 0 Å². The Morgan fingerprint density at radius 2 is 1.73 bits per heavy atom. The predicted molar refractivity (Wildman–Crippen MR) is 86.3 cm³/mol. The Kier molecular flexibility index (Phi) is 5.27. The van der Waals surface area contributed by atoms with Crippen molar-refractivity contribution in [1.29, 1.82) is 0 Å². The number of nitrogens with zero attached hydrogens (tertiary/aromatic N) is 2. The van der Waals surface area contributed by atoms with Gasteiger partial charge >= 0.3 is 0 Å². The van der Waals surface area contributed by atoms with Gasteiger partial charge in [0.15, 0.2) is 0 Å². The summed E-state index contributed by atoms with van der Waals surface area (Å²) >= 11 is 0.